The highest BCUT2D eigenvalue weighted by atomic mass is 19.1. The van der Waals surface area contributed by atoms with Crippen LogP contribution in [0.25, 0.3) is 11.0 Å². The van der Waals surface area contributed by atoms with Crippen LogP contribution in [0, 0.1) is 11.3 Å². The lowest BCUT2D eigenvalue weighted by Crippen LogP contribution is -2.51. The minimum absolute atomic E-state index is 0.142. The molecule has 1 fully saturated rings. The van der Waals surface area contributed by atoms with Gasteiger partial charge in [-0.05, 0) is 12.1 Å². The molecule has 1 amide bonds. The molecule has 1 aromatic carbocycles. The number of hydrogen-bond donors (Lipinski definition) is 2. The molecule has 0 spiro atoms. The number of nitrogens with one attached hydrogen (secondary N) is 1. The molecule has 23 heavy (non-hydrogen) atoms. The maximum absolute atomic E-state index is 14.0. The van der Waals surface area contributed by atoms with E-state index in [1.807, 2.05) is 0 Å². The summed E-state index contributed by atoms with van der Waals surface area (Å²) in [6, 6.07) is 4.88. The Bertz CT molecular complexity index is 791. The van der Waals surface area contributed by atoms with E-state index in [9.17, 15) is 9.18 Å². The highest BCUT2D eigenvalue weighted by Crippen LogP contribution is 2.29. The molecular formula is C15H14FN5O2. The van der Waals surface area contributed by atoms with Crippen LogP contribution in [0.1, 0.15) is 12.0 Å². The summed E-state index contributed by atoms with van der Waals surface area (Å²) in [4.78, 5) is 21.0. The van der Waals surface area contributed by atoms with Gasteiger partial charge < -0.3 is 15.3 Å². The first-order valence-corrected chi connectivity index (χ1v) is 7.10. The maximum Gasteiger partial charge on any atom is 0.404 e. The predicted molar refractivity (Wildman–Crippen MR) is 80.9 cm³/mol. The average Bonchev–Trinajstić information content (AvgIpc) is 2.52. The lowest BCUT2D eigenvalue weighted by molar-refractivity contribution is 0.181. The van der Waals surface area contributed by atoms with Crippen molar-refractivity contribution >= 4 is 22.8 Å². The van der Waals surface area contributed by atoms with Crippen molar-refractivity contribution in [3.8, 4) is 6.07 Å². The first-order valence-electron chi connectivity index (χ1n) is 7.10. The highest BCUT2D eigenvalue weighted by Gasteiger charge is 2.29. The fraction of sp³-hybridized carbons (Fsp3) is 0.333. The van der Waals surface area contributed by atoms with Crippen molar-refractivity contribution in [1.82, 2.24) is 15.3 Å². The van der Waals surface area contributed by atoms with Gasteiger partial charge in [-0.15, -0.1) is 0 Å². The zero-order chi connectivity index (χ0) is 16.4. The van der Waals surface area contributed by atoms with Crippen LogP contribution in [-0.2, 0) is 0 Å². The van der Waals surface area contributed by atoms with Gasteiger partial charge >= 0.3 is 6.09 Å². The molecule has 2 heterocycles. The highest BCUT2D eigenvalue weighted by molar-refractivity contribution is 5.92. The number of carboxylic acid groups (broad SMARTS) is 1. The summed E-state index contributed by atoms with van der Waals surface area (Å²) in [5.41, 5.74) is 2.00. The van der Waals surface area contributed by atoms with Crippen molar-refractivity contribution in [1.29, 1.82) is 5.26 Å². The first kappa shape index (κ1) is 15.0. The van der Waals surface area contributed by atoms with Crippen molar-refractivity contribution in [3.05, 3.63) is 30.1 Å². The molecule has 2 aromatic rings. The van der Waals surface area contributed by atoms with Gasteiger partial charge in [0, 0.05) is 31.9 Å². The van der Waals surface area contributed by atoms with Crippen molar-refractivity contribution < 1.29 is 14.3 Å². The first-order chi connectivity index (χ1) is 11.1. The molecule has 1 aromatic heterocycles. The number of benzene rings is 1. The monoisotopic (exact) mass is 315 g/mol. The lowest BCUT2D eigenvalue weighted by Gasteiger charge is -2.36. The zero-order valence-electron chi connectivity index (χ0n) is 12.1. The maximum atomic E-state index is 14.0. The number of aromatic nitrogens is 2. The number of alkyl halides is 1. The van der Waals surface area contributed by atoms with E-state index in [-0.39, 0.29) is 13.0 Å². The van der Waals surface area contributed by atoms with E-state index >= 15 is 0 Å². The smallest absolute Gasteiger partial charge is 0.404 e. The second-order valence-electron chi connectivity index (χ2n) is 5.38. The molecular weight excluding hydrogens is 301 g/mol. The average molecular weight is 315 g/mol. The second kappa shape index (κ2) is 6.04. The molecule has 1 aliphatic heterocycles. The Kier molecular flexibility index (Phi) is 3.93. The van der Waals surface area contributed by atoms with E-state index in [1.54, 1.807) is 17.0 Å². The van der Waals surface area contributed by atoms with E-state index in [2.05, 4.69) is 21.4 Å². The minimum atomic E-state index is -1.17. The number of nitrogens with zero attached hydrogens (tertiary/aromatic N) is 4. The summed E-state index contributed by atoms with van der Waals surface area (Å²) < 4.78 is 14.0. The Hall–Kier alpha value is -2.95. The molecule has 1 aliphatic rings. The quantitative estimate of drug-likeness (QED) is 0.874. The Morgan fingerprint density at radius 3 is 2.78 bits per heavy atom. The number of fused-ring (bicyclic) bond motifs is 1. The van der Waals surface area contributed by atoms with E-state index < -0.39 is 18.3 Å². The van der Waals surface area contributed by atoms with E-state index in [1.165, 1.54) is 12.4 Å². The lowest BCUT2D eigenvalue weighted by atomic mass is 10.0. The third-order valence-electron chi connectivity index (χ3n) is 3.79. The van der Waals surface area contributed by atoms with Crippen molar-refractivity contribution in [2.45, 2.75) is 18.6 Å². The van der Waals surface area contributed by atoms with Gasteiger partial charge in [0.1, 0.15) is 23.3 Å². The number of amides is 1. The fourth-order valence-corrected chi connectivity index (χ4v) is 2.90. The number of carbonyl (C=O) groups is 1. The van der Waals surface area contributed by atoms with E-state index in [0.29, 0.717) is 28.8 Å². The number of rotatable bonds is 2. The largest absolute Gasteiger partial charge is 0.465 e. The summed E-state index contributed by atoms with van der Waals surface area (Å²) >= 11 is 0. The molecule has 0 radical (unpaired) electrons. The summed E-state index contributed by atoms with van der Waals surface area (Å²) in [5, 5.41) is 20.3. The second-order valence-corrected chi connectivity index (χ2v) is 5.38. The van der Waals surface area contributed by atoms with Gasteiger partial charge in [0.2, 0.25) is 0 Å². The SMILES string of the molecule is N#Cc1ccc(N2C[C@H](F)C[C@H](NC(=O)O)C2)c2nccnc12. The van der Waals surface area contributed by atoms with Gasteiger partial charge in [0.05, 0.1) is 17.3 Å². The molecule has 0 bridgehead atoms. The molecule has 0 unspecified atom stereocenters. The Morgan fingerprint density at radius 1 is 1.35 bits per heavy atom. The number of anilines is 1. The molecule has 1 saturated heterocycles. The number of nitriles is 1. The van der Waals surface area contributed by atoms with Crippen LogP contribution in [0.4, 0.5) is 14.9 Å². The molecule has 3 rings (SSSR count). The van der Waals surface area contributed by atoms with E-state index in [4.69, 9.17) is 10.4 Å². The van der Waals surface area contributed by atoms with Gasteiger partial charge in [-0.2, -0.15) is 5.26 Å². The van der Waals surface area contributed by atoms with Crippen LogP contribution in [0.2, 0.25) is 0 Å². The van der Waals surface area contributed by atoms with Crippen molar-refractivity contribution in [3.63, 3.8) is 0 Å². The Balaban J connectivity index is 1.99. The number of hydrogen-bond acceptors (Lipinski definition) is 5. The topological polar surface area (TPSA) is 102 Å². The molecule has 8 heteroatoms. The molecule has 0 aliphatic carbocycles. The Labute approximate surface area is 131 Å². The van der Waals surface area contributed by atoms with Gasteiger partial charge in [-0.1, -0.05) is 0 Å². The van der Waals surface area contributed by atoms with Crippen molar-refractivity contribution in [2.75, 3.05) is 18.0 Å². The van der Waals surface area contributed by atoms with Crippen LogP contribution in [0.5, 0.6) is 0 Å². The molecule has 118 valence electrons. The summed E-state index contributed by atoms with van der Waals surface area (Å²) in [6.45, 7) is 0.486. The zero-order valence-corrected chi connectivity index (χ0v) is 12.1. The van der Waals surface area contributed by atoms with Crippen LogP contribution in [0.15, 0.2) is 24.5 Å². The van der Waals surface area contributed by atoms with Gasteiger partial charge in [0.25, 0.3) is 0 Å². The summed E-state index contributed by atoms with van der Waals surface area (Å²) in [7, 11) is 0. The standard InChI is InChI=1S/C15H14FN5O2/c16-10-5-11(20-15(22)23)8-21(7-10)12-2-1-9(6-17)13-14(12)19-4-3-18-13/h1-4,10-11,20H,5,7-8H2,(H,22,23)/t10-,11+/m1/s1. The minimum Gasteiger partial charge on any atom is -0.465 e. The Morgan fingerprint density at radius 2 is 2.09 bits per heavy atom. The predicted octanol–water partition coefficient (Wildman–Crippen LogP) is 1.69. The fourth-order valence-electron chi connectivity index (χ4n) is 2.90. The summed E-state index contributed by atoms with van der Waals surface area (Å²) in [6.07, 6.45) is 0.826. The van der Waals surface area contributed by atoms with Crippen LogP contribution < -0.4 is 10.2 Å². The number of halogens is 1. The van der Waals surface area contributed by atoms with Gasteiger partial charge in [-0.3, -0.25) is 9.97 Å². The molecule has 7 nitrogen and oxygen atoms in total. The van der Waals surface area contributed by atoms with E-state index in [0.717, 1.165) is 0 Å². The number of piperidine rings is 1. The molecule has 0 saturated carbocycles. The summed E-state index contributed by atoms with van der Waals surface area (Å²) in [5.74, 6) is 0. The third kappa shape index (κ3) is 2.99. The molecule has 2 atom stereocenters. The third-order valence-corrected chi connectivity index (χ3v) is 3.79. The van der Waals surface area contributed by atoms with Crippen LogP contribution >= 0.6 is 0 Å². The normalized spacial score (nSPS) is 21.0. The van der Waals surface area contributed by atoms with Crippen molar-refractivity contribution in [2.24, 2.45) is 0 Å². The van der Waals surface area contributed by atoms with Gasteiger partial charge in [-0.25, -0.2) is 9.18 Å². The van der Waals surface area contributed by atoms with Crippen LogP contribution in [0.3, 0.4) is 0 Å². The molecule has 2 N–H and O–H groups in total. The van der Waals surface area contributed by atoms with Crippen LogP contribution in [-0.4, -0.2) is 46.5 Å². The van der Waals surface area contributed by atoms with Gasteiger partial charge in [0.15, 0.2) is 0 Å².